The Bertz CT molecular complexity index is 3040. The Hall–Kier alpha value is -6.88. The maximum atomic E-state index is 6.87. The number of hydrogen-bond acceptors (Lipinski definition) is 4. The maximum Gasteiger partial charge on any atom is 0.160 e. The highest BCUT2D eigenvalue weighted by molar-refractivity contribution is 7.25. The topological polar surface area (TPSA) is 19.6 Å². The normalized spacial score (nSPS) is 14.1. The standard InChI is InChI=1S/C51H34N2OS/c1-4-14-35(15-5-1)45-33-46(36-16-6-2-7-17-36)53(45)38-26-24-34(25-27-38)40-29-30-44(51-50(40)42-21-10-12-22-47(42)54-51)52(37-18-8-3-9-19-37)39-28-31-49-43(32-39)41-20-11-13-23-48(41)55-49/h1-33,45H. The van der Waals surface area contributed by atoms with Crippen LogP contribution in [0.15, 0.2) is 205 Å². The molecule has 260 valence electrons. The number of thiophene rings is 1. The van der Waals surface area contributed by atoms with E-state index in [1.54, 1.807) is 0 Å². The van der Waals surface area contributed by atoms with E-state index in [-0.39, 0.29) is 6.04 Å². The summed E-state index contributed by atoms with van der Waals surface area (Å²) in [5.74, 6) is 0. The summed E-state index contributed by atoms with van der Waals surface area (Å²) in [6.07, 6.45) is 2.37. The van der Waals surface area contributed by atoms with Gasteiger partial charge >= 0.3 is 0 Å². The van der Waals surface area contributed by atoms with Crippen LogP contribution in [0.3, 0.4) is 0 Å². The second-order valence-electron chi connectivity index (χ2n) is 14.1. The van der Waals surface area contributed by atoms with E-state index >= 15 is 0 Å². The van der Waals surface area contributed by atoms with Gasteiger partial charge in [-0.2, -0.15) is 0 Å². The van der Waals surface area contributed by atoms with Gasteiger partial charge in [-0.3, -0.25) is 0 Å². The highest BCUT2D eigenvalue weighted by atomic mass is 32.1. The quantitative estimate of drug-likeness (QED) is 0.163. The second kappa shape index (κ2) is 12.9. The molecule has 0 spiro atoms. The van der Waals surface area contributed by atoms with Gasteiger partial charge in [0, 0.05) is 53.7 Å². The molecule has 11 rings (SSSR count). The van der Waals surface area contributed by atoms with Crippen molar-refractivity contribution in [1.82, 2.24) is 0 Å². The van der Waals surface area contributed by atoms with E-state index in [9.17, 15) is 0 Å². The molecule has 1 aliphatic rings. The fourth-order valence-electron chi connectivity index (χ4n) is 8.30. The molecular weight excluding hydrogens is 689 g/mol. The van der Waals surface area contributed by atoms with Crippen LogP contribution in [0.1, 0.15) is 17.2 Å². The minimum atomic E-state index is 0.168. The first-order valence-corrected chi connectivity index (χ1v) is 19.5. The van der Waals surface area contributed by atoms with Gasteiger partial charge in [-0.1, -0.05) is 133 Å². The lowest BCUT2D eigenvalue weighted by Crippen LogP contribution is -2.34. The van der Waals surface area contributed by atoms with Crippen molar-refractivity contribution >= 4 is 81.9 Å². The minimum Gasteiger partial charge on any atom is -0.454 e. The van der Waals surface area contributed by atoms with Crippen LogP contribution in [-0.2, 0) is 0 Å². The average molecular weight is 723 g/mol. The molecule has 1 unspecified atom stereocenters. The number of fused-ring (bicyclic) bond motifs is 6. The first-order valence-electron chi connectivity index (χ1n) is 18.7. The van der Waals surface area contributed by atoms with Crippen LogP contribution in [-0.4, -0.2) is 0 Å². The summed E-state index contributed by atoms with van der Waals surface area (Å²) in [5, 5.41) is 4.76. The molecule has 0 amide bonds. The van der Waals surface area contributed by atoms with Crippen molar-refractivity contribution < 1.29 is 4.42 Å². The van der Waals surface area contributed by atoms with Gasteiger partial charge in [-0.15, -0.1) is 11.3 Å². The Labute approximate surface area is 323 Å². The lowest BCUT2D eigenvalue weighted by atomic mass is 9.91. The predicted molar refractivity (Wildman–Crippen MR) is 233 cm³/mol. The van der Waals surface area contributed by atoms with Gasteiger partial charge in [-0.25, -0.2) is 0 Å². The molecule has 3 heterocycles. The van der Waals surface area contributed by atoms with E-state index in [0.29, 0.717) is 0 Å². The zero-order valence-electron chi connectivity index (χ0n) is 29.8. The Morgan fingerprint density at radius 3 is 1.98 bits per heavy atom. The lowest BCUT2D eigenvalue weighted by molar-refractivity contribution is 0.669. The van der Waals surface area contributed by atoms with E-state index in [2.05, 4.69) is 210 Å². The molecule has 0 saturated heterocycles. The monoisotopic (exact) mass is 722 g/mol. The van der Waals surface area contributed by atoms with E-state index in [1.807, 2.05) is 11.3 Å². The van der Waals surface area contributed by atoms with Gasteiger partial charge in [-0.05, 0) is 89.0 Å². The molecule has 1 aliphatic heterocycles. The van der Waals surface area contributed by atoms with Gasteiger partial charge in [0.15, 0.2) is 5.58 Å². The van der Waals surface area contributed by atoms with Crippen LogP contribution in [0.25, 0.3) is 58.9 Å². The smallest absolute Gasteiger partial charge is 0.160 e. The molecule has 8 aromatic carbocycles. The molecule has 4 heteroatoms. The molecule has 0 saturated carbocycles. The molecular formula is C51H34N2OS. The summed E-state index contributed by atoms with van der Waals surface area (Å²) in [4.78, 5) is 4.79. The molecule has 0 N–H and O–H groups in total. The van der Waals surface area contributed by atoms with Crippen LogP contribution >= 0.6 is 11.3 Å². The van der Waals surface area contributed by atoms with Crippen molar-refractivity contribution in [3.05, 3.63) is 211 Å². The lowest BCUT2D eigenvalue weighted by Gasteiger charge is -2.42. The van der Waals surface area contributed by atoms with Crippen LogP contribution < -0.4 is 9.80 Å². The highest BCUT2D eigenvalue weighted by Crippen LogP contribution is 2.49. The molecule has 1 atom stereocenters. The van der Waals surface area contributed by atoms with Gasteiger partial charge in [0.25, 0.3) is 0 Å². The molecule has 55 heavy (non-hydrogen) atoms. The van der Waals surface area contributed by atoms with Crippen molar-refractivity contribution in [3.63, 3.8) is 0 Å². The predicted octanol–water partition coefficient (Wildman–Crippen LogP) is 14.7. The van der Waals surface area contributed by atoms with Crippen molar-refractivity contribution in [2.24, 2.45) is 0 Å². The number of para-hydroxylation sites is 2. The third-order valence-electron chi connectivity index (χ3n) is 10.9. The van der Waals surface area contributed by atoms with E-state index in [1.165, 1.54) is 37.0 Å². The molecule has 3 nitrogen and oxygen atoms in total. The Balaban J connectivity index is 1.05. The number of nitrogens with zero attached hydrogens (tertiary/aromatic N) is 2. The van der Waals surface area contributed by atoms with Crippen molar-refractivity contribution in [2.45, 2.75) is 6.04 Å². The summed E-state index contributed by atoms with van der Waals surface area (Å²) in [6, 6.07) is 69.7. The molecule has 0 radical (unpaired) electrons. The van der Waals surface area contributed by atoms with Gasteiger partial charge in [0.2, 0.25) is 0 Å². The second-order valence-corrected chi connectivity index (χ2v) is 15.2. The average Bonchev–Trinajstić information content (AvgIpc) is 3.81. The summed E-state index contributed by atoms with van der Waals surface area (Å²) >= 11 is 1.84. The highest BCUT2D eigenvalue weighted by Gasteiger charge is 2.32. The number of furan rings is 1. The van der Waals surface area contributed by atoms with Gasteiger partial charge < -0.3 is 14.2 Å². The third-order valence-corrected chi connectivity index (χ3v) is 12.1. The third kappa shape index (κ3) is 5.25. The minimum absolute atomic E-state index is 0.168. The SMILES string of the molecule is C1=C(c2ccccc2)N(c2ccc(-c3ccc(N(c4ccccc4)c4ccc5sc6ccccc6c5c4)c4oc5ccccc5c34)cc2)C1c1ccccc1. The van der Waals surface area contributed by atoms with Crippen molar-refractivity contribution in [3.8, 4) is 11.1 Å². The Morgan fingerprint density at radius 2 is 1.18 bits per heavy atom. The van der Waals surface area contributed by atoms with Crippen LogP contribution in [0.5, 0.6) is 0 Å². The van der Waals surface area contributed by atoms with Crippen molar-refractivity contribution in [2.75, 3.05) is 9.80 Å². The summed E-state index contributed by atoms with van der Waals surface area (Å²) in [6.45, 7) is 0. The fraction of sp³-hybridized carbons (Fsp3) is 0.0196. The molecule has 2 aromatic heterocycles. The van der Waals surface area contributed by atoms with Gasteiger partial charge in [0.1, 0.15) is 5.58 Å². The molecule has 0 aliphatic carbocycles. The zero-order valence-corrected chi connectivity index (χ0v) is 30.7. The van der Waals surface area contributed by atoms with Crippen LogP contribution in [0, 0.1) is 0 Å². The number of benzene rings is 8. The van der Waals surface area contributed by atoms with E-state index in [0.717, 1.165) is 55.8 Å². The first-order chi connectivity index (χ1) is 27.3. The molecule has 0 fully saturated rings. The van der Waals surface area contributed by atoms with E-state index in [4.69, 9.17) is 4.42 Å². The Kier molecular flexibility index (Phi) is 7.42. The number of hydrogen-bond donors (Lipinski definition) is 0. The van der Waals surface area contributed by atoms with Gasteiger partial charge in [0.05, 0.1) is 11.7 Å². The fourth-order valence-corrected chi connectivity index (χ4v) is 9.39. The maximum absolute atomic E-state index is 6.87. The van der Waals surface area contributed by atoms with Crippen LogP contribution in [0.2, 0.25) is 0 Å². The zero-order chi connectivity index (χ0) is 36.3. The number of rotatable bonds is 7. The van der Waals surface area contributed by atoms with Crippen molar-refractivity contribution in [1.29, 1.82) is 0 Å². The largest absolute Gasteiger partial charge is 0.454 e. The molecule has 10 aromatic rings. The van der Waals surface area contributed by atoms with Crippen LogP contribution in [0.4, 0.5) is 22.7 Å². The van der Waals surface area contributed by atoms with E-state index < -0.39 is 0 Å². The number of anilines is 4. The summed E-state index contributed by atoms with van der Waals surface area (Å²) in [7, 11) is 0. The summed E-state index contributed by atoms with van der Waals surface area (Å²) < 4.78 is 9.45. The Morgan fingerprint density at radius 1 is 0.509 bits per heavy atom. The first kappa shape index (κ1) is 31.6. The summed E-state index contributed by atoms with van der Waals surface area (Å²) in [5.41, 5.74) is 12.1. The molecule has 0 bridgehead atoms.